The highest BCUT2D eigenvalue weighted by atomic mass is 16.5. The molecule has 5 aliphatic rings. The summed E-state index contributed by atoms with van der Waals surface area (Å²) in [7, 11) is 0. The zero-order valence-corrected chi connectivity index (χ0v) is 15.4. The van der Waals surface area contributed by atoms with Gasteiger partial charge in [-0.05, 0) is 62.6 Å². The largest absolute Gasteiger partial charge is 0.504 e. The van der Waals surface area contributed by atoms with Crippen molar-refractivity contribution in [1.82, 2.24) is 10.2 Å². The molecule has 0 radical (unpaired) electrons. The van der Waals surface area contributed by atoms with Gasteiger partial charge in [-0.3, -0.25) is 9.69 Å². The number of piperidine rings is 1. The molecule has 2 heterocycles. The third kappa shape index (κ3) is 1.86. The zero-order chi connectivity index (χ0) is 18.4. The van der Waals surface area contributed by atoms with Crippen LogP contribution in [0.5, 0.6) is 11.5 Å². The number of nitrogens with one attached hydrogen (secondary N) is 1. The van der Waals surface area contributed by atoms with Gasteiger partial charge >= 0.3 is 0 Å². The number of carbonyl (C=O) groups excluding carboxylic acids is 1. The molecule has 1 aromatic carbocycles. The first-order chi connectivity index (χ1) is 13.1. The van der Waals surface area contributed by atoms with Crippen molar-refractivity contribution in [2.45, 2.75) is 67.7 Å². The standard InChI is InChI=1S/C21H26N2O4/c24-11-22-14-5-6-21(26)16-9-13-3-4-15(25)18-17(13)20(21,19(14)27-18)7-8-23(16)10-12-1-2-12/h3-4,11-12,14,16,19,25-26H,1-2,5-10H2,(H,22,24)/t14?,16-,19+,20+,21-/m1/s1. The molecule has 2 aliphatic heterocycles. The number of benzene rings is 1. The molecule has 3 fully saturated rings. The minimum Gasteiger partial charge on any atom is -0.504 e. The van der Waals surface area contributed by atoms with E-state index in [-0.39, 0.29) is 23.9 Å². The molecule has 3 N–H and O–H groups in total. The molecule has 2 saturated carbocycles. The van der Waals surface area contributed by atoms with Crippen LogP contribution in [0.15, 0.2) is 12.1 Å². The Morgan fingerprint density at radius 2 is 2.15 bits per heavy atom. The molecule has 1 spiro atoms. The molecule has 27 heavy (non-hydrogen) atoms. The fourth-order valence-corrected chi connectivity index (χ4v) is 6.74. The molecule has 1 aromatic rings. The van der Waals surface area contributed by atoms with Gasteiger partial charge in [-0.1, -0.05) is 6.07 Å². The normalized spacial score (nSPS) is 41.6. The van der Waals surface area contributed by atoms with Gasteiger partial charge in [-0.2, -0.15) is 0 Å². The van der Waals surface area contributed by atoms with Crippen molar-refractivity contribution >= 4 is 6.41 Å². The summed E-state index contributed by atoms with van der Waals surface area (Å²) >= 11 is 0. The van der Waals surface area contributed by atoms with E-state index in [1.54, 1.807) is 6.07 Å². The molecule has 6 nitrogen and oxygen atoms in total. The summed E-state index contributed by atoms with van der Waals surface area (Å²) in [6.45, 7) is 2.01. The number of rotatable bonds is 4. The molecule has 3 aliphatic carbocycles. The van der Waals surface area contributed by atoms with Gasteiger partial charge in [0.05, 0.1) is 17.1 Å². The predicted octanol–water partition coefficient (Wildman–Crippen LogP) is 1.07. The Bertz CT molecular complexity index is 825. The Hall–Kier alpha value is -1.79. The first-order valence-electron chi connectivity index (χ1n) is 10.3. The van der Waals surface area contributed by atoms with Crippen LogP contribution >= 0.6 is 0 Å². The SMILES string of the molecule is O=CNC1CC[C@@]2(O)[C@H]3Cc4ccc(O)c5c4[C@@]2(CCN3CC2CC2)[C@H]1O5. The van der Waals surface area contributed by atoms with Crippen LogP contribution in [0.25, 0.3) is 0 Å². The lowest BCUT2D eigenvalue weighted by molar-refractivity contribution is -0.191. The molecule has 1 saturated heterocycles. The second-order valence-corrected chi connectivity index (χ2v) is 9.22. The molecule has 5 atom stereocenters. The smallest absolute Gasteiger partial charge is 0.207 e. The van der Waals surface area contributed by atoms with E-state index in [9.17, 15) is 15.0 Å². The van der Waals surface area contributed by atoms with Crippen molar-refractivity contribution in [2.75, 3.05) is 13.1 Å². The van der Waals surface area contributed by atoms with Crippen molar-refractivity contribution in [2.24, 2.45) is 5.92 Å². The fourth-order valence-electron chi connectivity index (χ4n) is 6.74. The van der Waals surface area contributed by atoms with Crippen LogP contribution in [0.2, 0.25) is 0 Å². The van der Waals surface area contributed by atoms with E-state index in [1.807, 2.05) is 6.07 Å². The topological polar surface area (TPSA) is 82.0 Å². The Balaban J connectivity index is 1.54. The maximum atomic E-state index is 12.2. The van der Waals surface area contributed by atoms with E-state index >= 15 is 0 Å². The minimum atomic E-state index is -0.877. The Morgan fingerprint density at radius 1 is 1.30 bits per heavy atom. The zero-order valence-electron chi connectivity index (χ0n) is 15.4. The first-order valence-corrected chi connectivity index (χ1v) is 10.3. The average molecular weight is 370 g/mol. The van der Waals surface area contributed by atoms with Crippen LogP contribution in [0.3, 0.4) is 0 Å². The minimum absolute atomic E-state index is 0.0816. The van der Waals surface area contributed by atoms with Gasteiger partial charge in [-0.25, -0.2) is 0 Å². The van der Waals surface area contributed by atoms with Gasteiger partial charge in [-0.15, -0.1) is 0 Å². The molecule has 6 rings (SSSR count). The average Bonchev–Trinajstić information content (AvgIpc) is 3.39. The number of phenolic OH excluding ortho intramolecular Hbond substituents is 1. The van der Waals surface area contributed by atoms with Crippen molar-refractivity contribution in [3.63, 3.8) is 0 Å². The van der Waals surface area contributed by atoms with E-state index in [4.69, 9.17) is 4.74 Å². The molecule has 1 amide bonds. The van der Waals surface area contributed by atoms with E-state index in [0.29, 0.717) is 18.6 Å². The van der Waals surface area contributed by atoms with Crippen LogP contribution in [0, 0.1) is 5.92 Å². The van der Waals surface area contributed by atoms with Gasteiger partial charge in [0, 0.05) is 18.2 Å². The number of aromatic hydroxyl groups is 1. The van der Waals surface area contributed by atoms with Gasteiger partial charge in [0.15, 0.2) is 11.5 Å². The number of hydrogen-bond acceptors (Lipinski definition) is 5. The highest BCUT2D eigenvalue weighted by Crippen LogP contribution is 2.65. The summed E-state index contributed by atoms with van der Waals surface area (Å²) in [6.07, 6.45) is 5.97. The van der Waals surface area contributed by atoms with Crippen molar-refractivity contribution < 1.29 is 19.7 Å². The van der Waals surface area contributed by atoms with Crippen LogP contribution < -0.4 is 10.1 Å². The number of carbonyl (C=O) groups is 1. The van der Waals surface area contributed by atoms with Crippen LogP contribution in [0.4, 0.5) is 0 Å². The number of amides is 1. The van der Waals surface area contributed by atoms with E-state index in [0.717, 1.165) is 43.8 Å². The number of nitrogens with zero attached hydrogens (tertiary/aromatic N) is 1. The van der Waals surface area contributed by atoms with E-state index < -0.39 is 11.0 Å². The summed E-state index contributed by atoms with van der Waals surface area (Å²) in [6, 6.07) is 3.66. The molecule has 0 aromatic heterocycles. The molecular formula is C21H26N2O4. The second kappa shape index (κ2) is 5.17. The second-order valence-electron chi connectivity index (χ2n) is 9.22. The number of hydrogen-bond donors (Lipinski definition) is 3. The number of likely N-dealkylation sites (tertiary alicyclic amines) is 1. The van der Waals surface area contributed by atoms with Crippen molar-refractivity contribution in [1.29, 1.82) is 0 Å². The maximum Gasteiger partial charge on any atom is 0.207 e. The summed E-state index contributed by atoms with van der Waals surface area (Å²) < 4.78 is 6.32. The quantitative estimate of drug-likeness (QED) is 0.691. The lowest BCUT2D eigenvalue weighted by Gasteiger charge is -2.64. The first kappa shape index (κ1) is 16.2. The monoisotopic (exact) mass is 370 g/mol. The van der Waals surface area contributed by atoms with Crippen LogP contribution in [-0.4, -0.2) is 58.4 Å². The van der Waals surface area contributed by atoms with Crippen LogP contribution in [0.1, 0.15) is 43.2 Å². The highest BCUT2D eigenvalue weighted by molar-refractivity contribution is 5.63. The van der Waals surface area contributed by atoms with E-state index in [1.165, 1.54) is 18.4 Å². The number of aliphatic hydroxyl groups is 1. The fraction of sp³-hybridized carbons (Fsp3) is 0.667. The van der Waals surface area contributed by atoms with Gasteiger partial charge in [0.1, 0.15) is 6.10 Å². The molecular weight excluding hydrogens is 344 g/mol. The summed E-state index contributed by atoms with van der Waals surface area (Å²) in [4.78, 5) is 13.7. The van der Waals surface area contributed by atoms with Crippen molar-refractivity contribution in [3.8, 4) is 11.5 Å². The third-order valence-corrected chi connectivity index (χ3v) is 8.04. The number of ether oxygens (including phenoxy) is 1. The van der Waals surface area contributed by atoms with E-state index in [2.05, 4.69) is 10.2 Å². The number of phenols is 1. The Kier molecular flexibility index (Phi) is 3.10. The molecule has 144 valence electrons. The highest BCUT2D eigenvalue weighted by Gasteiger charge is 2.73. The maximum absolute atomic E-state index is 12.2. The van der Waals surface area contributed by atoms with Gasteiger partial charge in [0.2, 0.25) is 6.41 Å². The summed E-state index contributed by atoms with van der Waals surface area (Å²) in [5, 5.41) is 25.6. The Labute approximate surface area is 158 Å². The van der Waals surface area contributed by atoms with Crippen LogP contribution in [-0.2, 0) is 16.6 Å². The predicted molar refractivity (Wildman–Crippen MR) is 97.8 cm³/mol. The van der Waals surface area contributed by atoms with Gasteiger partial charge in [0.25, 0.3) is 0 Å². The summed E-state index contributed by atoms with van der Waals surface area (Å²) in [5.41, 5.74) is 0.776. The lowest BCUT2D eigenvalue weighted by atomic mass is 9.48. The molecule has 1 unspecified atom stereocenters. The third-order valence-electron chi connectivity index (χ3n) is 8.04. The summed E-state index contributed by atoms with van der Waals surface area (Å²) in [5.74, 6) is 1.45. The molecule has 6 heteroatoms. The molecule has 2 bridgehead atoms. The van der Waals surface area contributed by atoms with Gasteiger partial charge < -0.3 is 20.3 Å². The van der Waals surface area contributed by atoms with Crippen molar-refractivity contribution in [3.05, 3.63) is 23.3 Å². The lowest BCUT2D eigenvalue weighted by Crippen LogP contribution is -2.78. The Morgan fingerprint density at radius 3 is 2.93 bits per heavy atom.